The van der Waals surface area contributed by atoms with Crippen molar-refractivity contribution in [2.75, 3.05) is 7.11 Å². The number of aliphatic hydroxyl groups is 1. The second kappa shape index (κ2) is 6.24. The monoisotopic (exact) mass is 317 g/mol. The summed E-state index contributed by atoms with van der Waals surface area (Å²) < 4.78 is 4.73. The zero-order valence-corrected chi connectivity index (χ0v) is 13.2. The van der Waals surface area contributed by atoms with Crippen LogP contribution in [0.2, 0.25) is 0 Å². The average Bonchev–Trinajstić information content (AvgIpc) is 2.47. The third kappa shape index (κ3) is 3.26. The third-order valence-electron chi connectivity index (χ3n) is 3.90. The van der Waals surface area contributed by atoms with E-state index in [0.717, 1.165) is 0 Å². The Morgan fingerprint density at radius 2 is 2.00 bits per heavy atom. The molecule has 2 rings (SSSR count). The number of carbonyl (C=O) groups excluding carboxylic acids is 2. The molecule has 0 saturated carbocycles. The highest BCUT2D eigenvalue weighted by atomic mass is 16.5. The fraction of sp³-hybridized carbons (Fsp3) is 0.353. The van der Waals surface area contributed by atoms with Crippen molar-refractivity contribution >= 4 is 23.7 Å². The number of para-hydroxylation sites is 2. The molecular formula is C17H19NO5. The summed E-state index contributed by atoms with van der Waals surface area (Å²) in [5.74, 6) is -2.24. The average molecular weight is 317 g/mol. The summed E-state index contributed by atoms with van der Waals surface area (Å²) in [5, 5.41) is 20.1. The molecule has 122 valence electrons. The summed E-state index contributed by atoms with van der Waals surface area (Å²) in [6, 6.07) is 6.36. The highest BCUT2D eigenvalue weighted by Gasteiger charge is 2.46. The molecule has 1 unspecified atom stereocenters. The number of Topliss-reactive ketones (excluding diaryl/α,β-unsaturated/α-hetero) is 1. The SMILES string of the molecule is COC(=O)C1C(O)=C(C=Nc2ccccc2O)C(=O)CC1(C)C. The molecule has 0 radical (unpaired) electrons. The molecule has 1 aliphatic rings. The number of nitrogens with zero attached hydrogens (tertiary/aromatic N) is 1. The predicted molar refractivity (Wildman–Crippen MR) is 84.8 cm³/mol. The van der Waals surface area contributed by atoms with Crippen molar-refractivity contribution in [3.63, 3.8) is 0 Å². The van der Waals surface area contributed by atoms with Crippen LogP contribution in [0.15, 0.2) is 40.6 Å². The lowest BCUT2D eigenvalue weighted by atomic mass is 9.68. The number of ketones is 1. The van der Waals surface area contributed by atoms with Gasteiger partial charge in [-0.15, -0.1) is 0 Å². The van der Waals surface area contributed by atoms with Gasteiger partial charge in [0.2, 0.25) is 0 Å². The van der Waals surface area contributed by atoms with Crippen molar-refractivity contribution in [2.45, 2.75) is 20.3 Å². The Hall–Kier alpha value is -2.63. The van der Waals surface area contributed by atoms with E-state index in [2.05, 4.69) is 4.99 Å². The number of phenols is 1. The van der Waals surface area contributed by atoms with Crippen LogP contribution < -0.4 is 0 Å². The number of hydrogen-bond acceptors (Lipinski definition) is 6. The Morgan fingerprint density at radius 1 is 1.35 bits per heavy atom. The molecule has 1 aromatic rings. The lowest BCUT2D eigenvalue weighted by Gasteiger charge is -2.35. The zero-order chi connectivity index (χ0) is 17.2. The van der Waals surface area contributed by atoms with Crippen LogP contribution in [0.5, 0.6) is 5.75 Å². The van der Waals surface area contributed by atoms with E-state index in [1.165, 1.54) is 19.4 Å². The standard InChI is InChI=1S/C17H19NO5/c1-17(2)8-13(20)10(15(21)14(17)16(22)23-3)9-18-11-6-4-5-7-12(11)19/h4-7,9,14,19,21H,8H2,1-3H3. The van der Waals surface area contributed by atoms with Crippen molar-refractivity contribution in [1.29, 1.82) is 0 Å². The van der Waals surface area contributed by atoms with E-state index in [-0.39, 0.29) is 35.0 Å². The van der Waals surface area contributed by atoms with Gasteiger partial charge in [0.25, 0.3) is 0 Å². The molecule has 0 saturated heterocycles. The van der Waals surface area contributed by atoms with Crippen LogP contribution in [0, 0.1) is 11.3 Å². The summed E-state index contributed by atoms with van der Waals surface area (Å²) in [7, 11) is 1.23. The molecule has 1 aromatic carbocycles. The van der Waals surface area contributed by atoms with E-state index in [4.69, 9.17) is 4.74 Å². The number of aromatic hydroxyl groups is 1. The van der Waals surface area contributed by atoms with Crippen LogP contribution >= 0.6 is 0 Å². The van der Waals surface area contributed by atoms with Crippen LogP contribution in [0.3, 0.4) is 0 Å². The Kier molecular flexibility index (Phi) is 4.54. The van der Waals surface area contributed by atoms with Crippen molar-refractivity contribution in [3.05, 3.63) is 35.6 Å². The minimum atomic E-state index is -0.934. The second-order valence-electron chi connectivity index (χ2n) is 6.09. The predicted octanol–water partition coefficient (Wildman–Crippen LogP) is 2.69. The van der Waals surface area contributed by atoms with Gasteiger partial charge in [-0.05, 0) is 17.5 Å². The van der Waals surface area contributed by atoms with Crippen LogP contribution in [0.1, 0.15) is 20.3 Å². The maximum atomic E-state index is 12.3. The molecule has 6 nitrogen and oxygen atoms in total. The van der Waals surface area contributed by atoms with E-state index in [1.807, 2.05) is 0 Å². The van der Waals surface area contributed by atoms with Gasteiger partial charge >= 0.3 is 5.97 Å². The molecule has 23 heavy (non-hydrogen) atoms. The normalized spacial score (nSPS) is 20.8. The summed E-state index contributed by atoms with van der Waals surface area (Å²) >= 11 is 0. The molecule has 0 heterocycles. The summed E-state index contributed by atoms with van der Waals surface area (Å²) in [6.45, 7) is 3.44. The number of rotatable bonds is 3. The number of carbonyl (C=O) groups is 2. The van der Waals surface area contributed by atoms with E-state index < -0.39 is 17.3 Å². The van der Waals surface area contributed by atoms with Crippen LogP contribution in [0.4, 0.5) is 5.69 Å². The van der Waals surface area contributed by atoms with Crippen molar-refractivity contribution in [1.82, 2.24) is 0 Å². The summed E-state index contributed by atoms with van der Waals surface area (Å²) in [5.41, 5.74) is -0.524. The van der Waals surface area contributed by atoms with E-state index >= 15 is 0 Å². The number of benzene rings is 1. The van der Waals surface area contributed by atoms with Gasteiger partial charge in [0.05, 0.1) is 12.7 Å². The Bertz CT molecular complexity index is 703. The van der Waals surface area contributed by atoms with Crippen LogP contribution in [-0.4, -0.2) is 35.3 Å². The molecule has 0 amide bonds. The number of aliphatic imine (C=N–C) groups is 1. The molecule has 0 spiro atoms. The third-order valence-corrected chi connectivity index (χ3v) is 3.90. The van der Waals surface area contributed by atoms with Crippen LogP contribution in [-0.2, 0) is 14.3 Å². The maximum Gasteiger partial charge on any atom is 0.316 e. The van der Waals surface area contributed by atoms with Gasteiger partial charge in [-0.25, -0.2) is 0 Å². The molecule has 0 aliphatic heterocycles. The molecular weight excluding hydrogens is 298 g/mol. The van der Waals surface area contributed by atoms with Crippen molar-refractivity contribution < 1.29 is 24.5 Å². The zero-order valence-electron chi connectivity index (χ0n) is 13.2. The van der Waals surface area contributed by atoms with E-state index in [1.54, 1.807) is 32.0 Å². The van der Waals surface area contributed by atoms with Gasteiger partial charge in [-0.2, -0.15) is 0 Å². The molecule has 1 atom stereocenters. The van der Waals surface area contributed by atoms with Crippen molar-refractivity contribution in [2.24, 2.45) is 16.3 Å². The topological polar surface area (TPSA) is 96.2 Å². The molecule has 0 fully saturated rings. The van der Waals surface area contributed by atoms with E-state index in [0.29, 0.717) is 0 Å². The summed E-state index contributed by atoms with van der Waals surface area (Å²) in [6.07, 6.45) is 1.26. The first-order valence-electron chi connectivity index (χ1n) is 7.14. The van der Waals surface area contributed by atoms with Gasteiger partial charge < -0.3 is 14.9 Å². The van der Waals surface area contributed by atoms with Crippen LogP contribution in [0.25, 0.3) is 0 Å². The molecule has 1 aliphatic carbocycles. The summed E-state index contributed by atoms with van der Waals surface area (Å²) in [4.78, 5) is 28.3. The fourth-order valence-electron chi connectivity index (χ4n) is 2.67. The first-order chi connectivity index (χ1) is 10.8. The van der Waals surface area contributed by atoms with Gasteiger partial charge in [-0.1, -0.05) is 26.0 Å². The lowest BCUT2D eigenvalue weighted by Crippen LogP contribution is -2.40. The van der Waals surface area contributed by atoms with Gasteiger partial charge in [0.15, 0.2) is 5.78 Å². The number of phenolic OH excluding ortho intramolecular Hbond substituents is 1. The number of aliphatic hydroxyl groups excluding tert-OH is 1. The largest absolute Gasteiger partial charge is 0.511 e. The Balaban J connectivity index is 2.45. The first kappa shape index (κ1) is 16.7. The van der Waals surface area contributed by atoms with Gasteiger partial charge in [-0.3, -0.25) is 14.6 Å². The first-order valence-corrected chi connectivity index (χ1v) is 7.14. The molecule has 6 heteroatoms. The minimum absolute atomic E-state index is 0.0389. The minimum Gasteiger partial charge on any atom is -0.511 e. The van der Waals surface area contributed by atoms with Gasteiger partial charge in [0, 0.05) is 12.6 Å². The Morgan fingerprint density at radius 3 is 2.61 bits per heavy atom. The Labute approximate surface area is 134 Å². The van der Waals surface area contributed by atoms with Gasteiger partial charge in [0.1, 0.15) is 23.1 Å². The second-order valence-corrected chi connectivity index (χ2v) is 6.09. The maximum absolute atomic E-state index is 12.3. The highest BCUT2D eigenvalue weighted by Crippen LogP contribution is 2.41. The number of methoxy groups -OCH3 is 1. The quantitative estimate of drug-likeness (QED) is 0.660. The fourth-order valence-corrected chi connectivity index (χ4v) is 2.67. The number of hydrogen-bond donors (Lipinski definition) is 2. The number of esters is 1. The van der Waals surface area contributed by atoms with Crippen molar-refractivity contribution in [3.8, 4) is 5.75 Å². The number of allylic oxidation sites excluding steroid dienone is 1. The number of ether oxygens (including phenoxy) is 1. The molecule has 2 N–H and O–H groups in total. The molecule has 0 aromatic heterocycles. The van der Waals surface area contributed by atoms with E-state index in [9.17, 15) is 19.8 Å². The molecule has 0 bridgehead atoms. The lowest BCUT2D eigenvalue weighted by molar-refractivity contribution is -0.150. The smallest absolute Gasteiger partial charge is 0.316 e. The highest BCUT2D eigenvalue weighted by molar-refractivity contribution is 6.15.